The van der Waals surface area contributed by atoms with E-state index in [2.05, 4.69) is 15.9 Å². The molecule has 22 heavy (non-hydrogen) atoms. The van der Waals surface area contributed by atoms with E-state index in [4.69, 9.17) is 4.74 Å². The minimum Gasteiger partial charge on any atom is -0.468 e. The van der Waals surface area contributed by atoms with Crippen molar-refractivity contribution in [1.29, 1.82) is 0 Å². The van der Waals surface area contributed by atoms with Gasteiger partial charge in [-0.3, -0.25) is 19.7 Å². The number of hydrogen-bond donors (Lipinski definition) is 0. The Labute approximate surface area is 136 Å². The largest absolute Gasteiger partial charge is 0.468 e. The smallest absolute Gasteiger partial charge is 0.320 e. The number of esters is 1. The summed E-state index contributed by atoms with van der Waals surface area (Å²) in [7, 11) is 1.21. The molecular formula is C15H16BrNO5. The Balaban J connectivity index is 2.57. The number of carbonyl (C=O) groups excluding carboxylic acids is 2. The normalized spacial score (nSPS) is 22.4. The summed E-state index contributed by atoms with van der Waals surface area (Å²) in [5.41, 5.74) is -0.866. The number of nitro groups is 1. The molecule has 0 saturated heterocycles. The molecule has 0 amide bonds. The van der Waals surface area contributed by atoms with E-state index in [9.17, 15) is 19.7 Å². The predicted octanol–water partition coefficient (Wildman–Crippen LogP) is 2.72. The molecule has 0 radical (unpaired) electrons. The van der Waals surface area contributed by atoms with Gasteiger partial charge in [0.15, 0.2) is 5.78 Å². The van der Waals surface area contributed by atoms with Crippen molar-refractivity contribution in [3.8, 4) is 0 Å². The zero-order chi connectivity index (χ0) is 16.3. The van der Waals surface area contributed by atoms with E-state index < -0.39 is 28.8 Å². The molecule has 1 fully saturated rings. The van der Waals surface area contributed by atoms with E-state index >= 15 is 0 Å². The number of halogens is 1. The number of carbonyl (C=O) groups is 2. The van der Waals surface area contributed by atoms with Crippen LogP contribution in [0.4, 0.5) is 0 Å². The zero-order valence-electron chi connectivity index (χ0n) is 12.1. The first kappa shape index (κ1) is 16.6. The Morgan fingerprint density at radius 2 is 2.27 bits per heavy atom. The second kappa shape index (κ2) is 6.56. The van der Waals surface area contributed by atoms with Gasteiger partial charge in [-0.1, -0.05) is 28.1 Å². The van der Waals surface area contributed by atoms with Crippen molar-refractivity contribution in [2.45, 2.75) is 25.2 Å². The highest BCUT2D eigenvalue weighted by Gasteiger charge is 2.57. The quantitative estimate of drug-likeness (QED) is 0.344. The lowest BCUT2D eigenvalue weighted by Gasteiger charge is -2.31. The lowest BCUT2D eigenvalue weighted by atomic mass is 9.70. The molecule has 2 atom stereocenters. The molecule has 1 aromatic rings. The maximum atomic E-state index is 12.4. The minimum atomic E-state index is -1.46. The van der Waals surface area contributed by atoms with Crippen LogP contribution in [0.3, 0.4) is 0 Å². The summed E-state index contributed by atoms with van der Waals surface area (Å²) in [5.74, 6) is -1.78. The molecule has 1 aliphatic rings. The van der Waals surface area contributed by atoms with Gasteiger partial charge in [0, 0.05) is 15.8 Å². The molecule has 1 aliphatic carbocycles. The average molecular weight is 370 g/mol. The molecule has 0 bridgehead atoms. The highest BCUT2D eigenvalue weighted by atomic mass is 79.9. The van der Waals surface area contributed by atoms with Gasteiger partial charge in [-0.2, -0.15) is 0 Å². The van der Waals surface area contributed by atoms with Crippen molar-refractivity contribution in [3.63, 3.8) is 0 Å². The van der Waals surface area contributed by atoms with Crippen molar-refractivity contribution in [2.24, 2.45) is 5.41 Å². The summed E-state index contributed by atoms with van der Waals surface area (Å²) < 4.78 is 5.57. The maximum absolute atomic E-state index is 12.4. The van der Waals surface area contributed by atoms with Gasteiger partial charge in [-0.05, 0) is 30.5 Å². The fraction of sp³-hybridized carbons (Fsp3) is 0.467. The van der Waals surface area contributed by atoms with Gasteiger partial charge in [0.1, 0.15) is 5.41 Å². The summed E-state index contributed by atoms with van der Waals surface area (Å²) in [6.45, 7) is -0.489. The molecule has 0 aromatic heterocycles. The van der Waals surface area contributed by atoms with Gasteiger partial charge in [-0.15, -0.1) is 0 Å². The Bertz CT molecular complexity index is 618. The van der Waals surface area contributed by atoms with E-state index in [1.807, 2.05) is 0 Å². The number of Topliss-reactive ketones (excluding diaryl/α,β-unsaturated/α-hetero) is 1. The molecule has 6 nitrogen and oxygen atoms in total. The zero-order valence-corrected chi connectivity index (χ0v) is 13.7. The summed E-state index contributed by atoms with van der Waals surface area (Å²) >= 11 is 3.32. The van der Waals surface area contributed by atoms with E-state index in [0.29, 0.717) is 12.0 Å². The Morgan fingerprint density at radius 3 is 2.77 bits per heavy atom. The van der Waals surface area contributed by atoms with Crippen molar-refractivity contribution in [3.05, 3.63) is 44.4 Å². The van der Waals surface area contributed by atoms with Crippen molar-refractivity contribution >= 4 is 27.7 Å². The van der Waals surface area contributed by atoms with Crippen LogP contribution in [0, 0.1) is 15.5 Å². The van der Waals surface area contributed by atoms with E-state index in [1.54, 1.807) is 24.3 Å². The van der Waals surface area contributed by atoms with Gasteiger partial charge < -0.3 is 4.74 Å². The van der Waals surface area contributed by atoms with Crippen molar-refractivity contribution < 1.29 is 19.2 Å². The molecule has 0 unspecified atom stereocenters. The van der Waals surface area contributed by atoms with Gasteiger partial charge in [0.25, 0.3) is 0 Å². The van der Waals surface area contributed by atoms with Crippen LogP contribution in [0.5, 0.6) is 0 Å². The van der Waals surface area contributed by atoms with Crippen LogP contribution in [0.1, 0.15) is 30.7 Å². The Hall–Kier alpha value is -1.76. The van der Waals surface area contributed by atoms with Gasteiger partial charge in [0.05, 0.1) is 13.0 Å². The first-order valence-electron chi connectivity index (χ1n) is 6.91. The van der Waals surface area contributed by atoms with E-state index in [-0.39, 0.29) is 18.6 Å². The molecule has 118 valence electrons. The van der Waals surface area contributed by atoms with Gasteiger partial charge in [-0.25, -0.2) is 0 Å². The molecular weight excluding hydrogens is 354 g/mol. The molecule has 0 spiro atoms. The predicted molar refractivity (Wildman–Crippen MR) is 82.1 cm³/mol. The second-order valence-electron chi connectivity index (χ2n) is 5.36. The summed E-state index contributed by atoms with van der Waals surface area (Å²) in [4.78, 5) is 35.4. The van der Waals surface area contributed by atoms with Gasteiger partial charge >= 0.3 is 5.97 Å². The maximum Gasteiger partial charge on any atom is 0.320 e. The van der Waals surface area contributed by atoms with Crippen LogP contribution < -0.4 is 0 Å². The standard InChI is InChI=1S/C15H16BrNO5/c1-22-14(19)15(7-3-6-13(15)18)12(9-17(20)21)10-4-2-5-11(16)8-10/h2,4-5,8,12H,3,6-7,9H2,1H3/t12-,15+/m1/s1. The number of nitrogens with zero attached hydrogens (tertiary/aromatic N) is 1. The number of benzene rings is 1. The van der Waals surface area contributed by atoms with Crippen LogP contribution >= 0.6 is 15.9 Å². The molecule has 1 saturated carbocycles. The molecule has 0 aliphatic heterocycles. The van der Waals surface area contributed by atoms with Crippen LogP contribution in [-0.4, -0.2) is 30.3 Å². The number of hydrogen-bond acceptors (Lipinski definition) is 5. The monoisotopic (exact) mass is 369 g/mol. The first-order valence-corrected chi connectivity index (χ1v) is 7.70. The summed E-state index contributed by atoms with van der Waals surface area (Å²) in [6.07, 6.45) is 1.07. The fourth-order valence-corrected chi connectivity index (χ4v) is 3.63. The number of ketones is 1. The molecule has 0 N–H and O–H groups in total. The van der Waals surface area contributed by atoms with Crippen molar-refractivity contribution in [2.75, 3.05) is 13.7 Å². The number of methoxy groups -OCH3 is 1. The average Bonchev–Trinajstić information content (AvgIpc) is 2.86. The molecule has 2 rings (SSSR count). The Morgan fingerprint density at radius 1 is 1.55 bits per heavy atom. The van der Waals surface area contributed by atoms with E-state index in [0.717, 1.165) is 4.47 Å². The van der Waals surface area contributed by atoms with E-state index in [1.165, 1.54) is 7.11 Å². The third-order valence-electron chi connectivity index (χ3n) is 4.20. The van der Waals surface area contributed by atoms with Crippen LogP contribution in [0.15, 0.2) is 28.7 Å². The fourth-order valence-electron chi connectivity index (χ4n) is 3.22. The molecule has 0 heterocycles. The highest BCUT2D eigenvalue weighted by molar-refractivity contribution is 9.10. The second-order valence-corrected chi connectivity index (χ2v) is 6.28. The Kier molecular flexibility index (Phi) is 4.95. The summed E-state index contributed by atoms with van der Waals surface area (Å²) in [6, 6.07) is 6.93. The lowest BCUT2D eigenvalue weighted by molar-refractivity contribution is -0.485. The van der Waals surface area contributed by atoms with Crippen molar-refractivity contribution in [1.82, 2.24) is 0 Å². The number of rotatable bonds is 5. The topological polar surface area (TPSA) is 86.5 Å². The first-order chi connectivity index (χ1) is 10.4. The highest BCUT2D eigenvalue weighted by Crippen LogP contribution is 2.47. The van der Waals surface area contributed by atoms with Crippen LogP contribution in [0.2, 0.25) is 0 Å². The third-order valence-corrected chi connectivity index (χ3v) is 4.69. The minimum absolute atomic E-state index is 0.247. The van der Waals surface area contributed by atoms with Crippen LogP contribution in [0.25, 0.3) is 0 Å². The summed E-state index contributed by atoms with van der Waals surface area (Å²) in [5, 5.41) is 11.1. The van der Waals surface area contributed by atoms with Crippen LogP contribution in [-0.2, 0) is 14.3 Å². The molecule has 1 aromatic carbocycles. The van der Waals surface area contributed by atoms with Gasteiger partial charge in [0.2, 0.25) is 6.54 Å². The third kappa shape index (κ3) is 2.90. The SMILES string of the molecule is COC(=O)[C@]1([C@H](C[N+](=O)[O-])c2cccc(Br)c2)CCCC1=O. The lowest BCUT2D eigenvalue weighted by Crippen LogP contribution is -2.44. The number of ether oxygens (including phenoxy) is 1. The molecule has 7 heteroatoms.